The Morgan fingerprint density at radius 3 is 2.65 bits per heavy atom. The molecule has 0 bridgehead atoms. The second kappa shape index (κ2) is 6.88. The Balaban J connectivity index is 2.46. The Kier molecular flexibility index (Phi) is 5.74. The van der Waals surface area contributed by atoms with Gasteiger partial charge >= 0.3 is 6.09 Å². The summed E-state index contributed by atoms with van der Waals surface area (Å²) in [7, 11) is 1.76. The van der Waals surface area contributed by atoms with E-state index in [0.717, 1.165) is 17.0 Å². The lowest BCUT2D eigenvalue weighted by Crippen LogP contribution is -2.34. The molecule has 1 amide bonds. The first-order valence-electron chi connectivity index (χ1n) is 6.72. The second-order valence-electron chi connectivity index (χ2n) is 6.01. The zero-order valence-electron chi connectivity index (χ0n) is 13.2. The first kappa shape index (κ1) is 16.7. The van der Waals surface area contributed by atoms with Crippen LogP contribution in [0.3, 0.4) is 0 Å². The SMILES string of the molecule is CC(=Cc1cc(C)ns1)CCN(C)C(=O)OC(C)(C)C. The summed E-state index contributed by atoms with van der Waals surface area (Å²) in [5, 5.41) is 0. The fraction of sp³-hybridized carbons (Fsp3) is 0.600. The highest BCUT2D eigenvalue weighted by molar-refractivity contribution is 7.06. The number of aryl methyl sites for hydroxylation is 1. The van der Waals surface area contributed by atoms with E-state index < -0.39 is 5.60 Å². The lowest BCUT2D eigenvalue weighted by atomic mass is 10.2. The van der Waals surface area contributed by atoms with Gasteiger partial charge in [-0.15, -0.1) is 0 Å². The van der Waals surface area contributed by atoms with E-state index >= 15 is 0 Å². The molecule has 1 aromatic rings. The molecule has 0 aromatic carbocycles. The van der Waals surface area contributed by atoms with Crippen molar-refractivity contribution < 1.29 is 9.53 Å². The quantitative estimate of drug-likeness (QED) is 0.839. The second-order valence-corrected chi connectivity index (χ2v) is 6.85. The van der Waals surface area contributed by atoms with E-state index in [2.05, 4.69) is 23.4 Å². The van der Waals surface area contributed by atoms with Gasteiger partial charge in [0.1, 0.15) is 5.60 Å². The Bertz CT molecular complexity index is 486. The third-order valence-electron chi connectivity index (χ3n) is 2.58. The fourth-order valence-corrected chi connectivity index (χ4v) is 2.32. The lowest BCUT2D eigenvalue weighted by Gasteiger charge is -2.24. The van der Waals surface area contributed by atoms with Gasteiger partial charge in [-0.1, -0.05) is 5.57 Å². The van der Waals surface area contributed by atoms with Gasteiger partial charge in [-0.3, -0.25) is 0 Å². The molecule has 0 aliphatic heterocycles. The van der Waals surface area contributed by atoms with Crippen LogP contribution in [0.5, 0.6) is 0 Å². The van der Waals surface area contributed by atoms with E-state index in [-0.39, 0.29) is 6.09 Å². The molecule has 0 aliphatic rings. The highest BCUT2D eigenvalue weighted by Crippen LogP contribution is 2.16. The largest absolute Gasteiger partial charge is 0.444 e. The van der Waals surface area contributed by atoms with Gasteiger partial charge in [0.15, 0.2) is 0 Å². The summed E-state index contributed by atoms with van der Waals surface area (Å²) in [5.74, 6) is 0. The fourth-order valence-electron chi connectivity index (χ4n) is 1.54. The van der Waals surface area contributed by atoms with E-state index in [9.17, 15) is 4.79 Å². The van der Waals surface area contributed by atoms with Gasteiger partial charge < -0.3 is 9.64 Å². The Hall–Kier alpha value is -1.36. The molecule has 1 rings (SSSR count). The van der Waals surface area contributed by atoms with Crippen molar-refractivity contribution in [3.8, 4) is 0 Å². The standard InChI is InChI=1S/C15H24N2O2S/c1-11(9-13-10-12(2)16-20-13)7-8-17(6)14(18)19-15(3,4)5/h9-10H,7-8H2,1-6H3. The van der Waals surface area contributed by atoms with E-state index in [0.29, 0.717) is 6.54 Å². The predicted molar refractivity (Wildman–Crippen MR) is 84.0 cm³/mol. The summed E-state index contributed by atoms with van der Waals surface area (Å²) in [6.07, 6.45) is 2.67. The Morgan fingerprint density at radius 2 is 2.15 bits per heavy atom. The first-order chi connectivity index (χ1) is 9.17. The lowest BCUT2D eigenvalue weighted by molar-refractivity contribution is 0.0301. The summed E-state index contributed by atoms with van der Waals surface area (Å²) < 4.78 is 9.56. The van der Waals surface area contributed by atoms with E-state index in [4.69, 9.17) is 4.74 Å². The normalized spacial score (nSPS) is 12.4. The molecule has 0 saturated carbocycles. The van der Waals surface area contributed by atoms with Crippen LogP contribution in [0.1, 0.15) is 44.7 Å². The highest BCUT2D eigenvalue weighted by Gasteiger charge is 2.19. The molecule has 0 fully saturated rings. The number of ether oxygens (including phenoxy) is 1. The number of carbonyl (C=O) groups excluding carboxylic acids is 1. The highest BCUT2D eigenvalue weighted by atomic mass is 32.1. The maximum Gasteiger partial charge on any atom is 0.410 e. The molecule has 0 saturated heterocycles. The van der Waals surface area contributed by atoms with Crippen molar-refractivity contribution in [2.24, 2.45) is 0 Å². The van der Waals surface area contributed by atoms with Crippen LogP contribution < -0.4 is 0 Å². The van der Waals surface area contributed by atoms with Gasteiger partial charge in [-0.25, -0.2) is 4.79 Å². The van der Waals surface area contributed by atoms with Gasteiger partial charge in [0.25, 0.3) is 0 Å². The van der Waals surface area contributed by atoms with Crippen molar-refractivity contribution in [3.63, 3.8) is 0 Å². The Labute approximate surface area is 125 Å². The molecule has 0 radical (unpaired) electrons. The summed E-state index contributed by atoms with van der Waals surface area (Å²) in [6, 6.07) is 2.06. The van der Waals surface area contributed by atoms with E-state index in [1.165, 1.54) is 17.1 Å². The van der Waals surface area contributed by atoms with Crippen molar-refractivity contribution in [3.05, 3.63) is 22.2 Å². The minimum atomic E-state index is -0.448. The van der Waals surface area contributed by atoms with Crippen LogP contribution in [0.25, 0.3) is 6.08 Å². The molecule has 0 aliphatic carbocycles. The summed E-state index contributed by atoms with van der Waals surface area (Å²) >= 11 is 1.49. The molecule has 0 unspecified atom stereocenters. The zero-order valence-corrected chi connectivity index (χ0v) is 14.0. The summed E-state index contributed by atoms with van der Waals surface area (Å²) in [5.41, 5.74) is 1.82. The van der Waals surface area contributed by atoms with Crippen LogP contribution in [-0.2, 0) is 4.74 Å². The monoisotopic (exact) mass is 296 g/mol. The van der Waals surface area contributed by atoms with Crippen LogP contribution in [0.2, 0.25) is 0 Å². The van der Waals surface area contributed by atoms with Crippen molar-refractivity contribution in [2.45, 2.75) is 46.6 Å². The van der Waals surface area contributed by atoms with Crippen LogP contribution in [-0.4, -0.2) is 34.6 Å². The molecule has 0 atom stereocenters. The minimum absolute atomic E-state index is 0.279. The van der Waals surface area contributed by atoms with E-state index in [1.54, 1.807) is 11.9 Å². The van der Waals surface area contributed by atoms with Crippen LogP contribution in [0.15, 0.2) is 11.6 Å². The number of carbonyl (C=O) groups is 1. The number of nitrogens with zero attached hydrogens (tertiary/aromatic N) is 2. The molecule has 20 heavy (non-hydrogen) atoms. The van der Waals surface area contributed by atoms with Crippen molar-refractivity contribution in [1.29, 1.82) is 0 Å². The van der Waals surface area contributed by atoms with E-state index in [1.807, 2.05) is 27.7 Å². The molecule has 1 aromatic heterocycles. The average Bonchev–Trinajstić information content (AvgIpc) is 2.69. The molecule has 0 spiro atoms. The number of rotatable bonds is 4. The smallest absolute Gasteiger partial charge is 0.410 e. The molecule has 4 nitrogen and oxygen atoms in total. The third-order valence-corrected chi connectivity index (χ3v) is 3.41. The van der Waals surface area contributed by atoms with Crippen LogP contribution in [0, 0.1) is 6.92 Å². The number of aromatic nitrogens is 1. The molecule has 0 N–H and O–H groups in total. The van der Waals surface area contributed by atoms with Gasteiger partial charge in [0.05, 0.1) is 5.69 Å². The molecule has 1 heterocycles. The first-order valence-corrected chi connectivity index (χ1v) is 7.49. The van der Waals surface area contributed by atoms with Gasteiger partial charge in [-0.2, -0.15) is 4.37 Å². The molecular formula is C15H24N2O2S. The number of hydrogen-bond acceptors (Lipinski definition) is 4. The molecule has 5 heteroatoms. The van der Waals surface area contributed by atoms with Crippen LogP contribution >= 0.6 is 11.5 Å². The van der Waals surface area contributed by atoms with Crippen LogP contribution in [0.4, 0.5) is 4.79 Å². The topological polar surface area (TPSA) is 42.4 Å². The maximum atomic E-state index is 11.8. The van der Waals surface area contributed by atoms with Gasteiger partial charge in [-0.05, 0) is 64.7 Å². The zero-order chi connectivity index (χ0) is 15.3. The Morgan fingerprint density at radius 1 is 1.50 bits per heavy atom. The number of amides is 1. The molecule has 112 valence electrons. The average molecular weight is 296 g/mol. The number of hydrogen-bond donors (Lipinski definition) is 0. The summed E-state index contributed by atoms with van der Waals surface area (Å²) in [4.78, 5) is 14.6. The predicted octanol–water partition coefficient (Wildman–Crippen LogP) is 4.11. The van der Waals surface area contributed by atoms with Crippen molar-refractivity contribution in [1.82, 2.24) is 9.27 Å². The van der Waals surface area contributed by atoms with Gasteiger partial charge in [0.2, 0.25) is 0 Å². The maximum absolute atomic E-state index is 11.8. The third kappa shape index (κ3) is 6.19. The molecular weight excluding hydrogens is 272 g/mol. The minimum Gasteiger partial charge on any atom is -0.444 e. The summed E-state index contributed by atoms with van der Waals surface area (Å²) in [6.45, 7) is 10.3. The van der Waals surface area contributed by atoms with Crippen molar-refractivity contribution in [2.75, 3.05) is 13.6 Å². The van der Waals surface area contributed by atoms with Gasteiger partial charge in [0, 0.05) is 18.5 Å². The van der Waals surface area contributed by atoms with Crippen molar-refractivity contribution >= 4 is 23.7 Å².